The highest BCUT2D eigenvalue weighted by atomic mass is 19.2. The molecule has 2 aromatic carbocycles. The van der Waals surface area contributed by atoms with Gasteiger partial charge >= 0.3 is 0 Å². The van der Waals surface area contributed by atoms with Crippen LogP contribution in [0.1, 0.15) is 61.4 Å². The van der Waals surface area contributed by atoms with Crippen LogP contribution in [0.3, 0.4) is 0 Å². The van der Waals surface area contributed by atoms with Gasteiger partial charge in [0, 0.05) is 11.8 Å². The van der Waals surface area contributed by atoms with Crippen LogP contribution in [0.2, 0.25) is 0 Å². The van der Waals surface area contributed by atoms with Crippen LogP contribution in [0.5, 0.6) is 11.5 Å². The molecular formula is C25H26F2O3. The van der Waals surface area contributed by atoms with Crippen LogP contribution in [-0.4, -0.2) is 16.0 Å². The number of hydrogen-bond acceptors (Lipinski definition) is 3. The molecule has 2 N–H and O–H groups in total. The summed E-state index contributed by atoms with van der Waals surface area (Å²) in [5.41, 5.74) is 2.27. The number of phenols is 2. The topological polar surface area (TPSA) is 57.5 Å². The first-order valence-corrected chi connectivity index (χ1v) is 10.1. The summed E-state index contributed by atoms with van der Waals surface area (Å²) in [6, 6.07) is 8.09. The number of aromatic hydroxyl groups is 2. The van der Waals surface area contributed by atoms with Crippen molar-refractivity contribution in [3.63, 3.8) is 0 Å². The van der Waals surface area contributed by atoms with Crippen molar-refractivity contribution in [2.45, 2.75) is 45.4 Å². The average molecular weight is 412 g/mol. The molecule has 2 aromatic rings. The number of carbonyl (C=O) groups excluding carboxylic acids is 1. The number of hydrogen-bond donors (Lipinski definition) is 2. The molecular weight excluding hydrogens is 386 g/mol. The number of carbonyl (C=O) groups is 1. The highest BCUT2D eigenvalue weighted by Gasteiger charge is 2.36. The summed E-state index contributed by atoms with van der Waals surface area (Å²) in [7, 11) is 0. The van der Waals surface area contributed by atoms with Crippen LogP contribution in [-0.2, 0) is 0 Å². The van der Waals surface area contributed by atoms with Crippen LogP contribution >= 0.6 is 0 Å². The lowest BCUT2D eigenvalue weighted by atomic mass is 9.71. The molecule has 0 aliphatic heterocycles. The van der Waals surface area contributed by atoms with E-state index >= 15 is 0 Å². The predicted octanol–water partition coefficient (Wildman–Crippen LogP) is 6.43. The van der Waals surface area contributed by atoms with Gasteiger partial charge in [0.15, 0.2) is 17.4 Å². The predicted molar refractivity (Wildman–Crippen MR) is 113 cm³/mol. The molecule has 0 spiro atoms. The van der Waals surface area contributed by atoms with Gasteiger partial charge in [-0.2, -0.15) is 0 Å². The summed E-state index contributed by atoms with van der Waals surface area (Å²) in [6.45, 7) is 4.04. The van der Waals surface area contributed by atoms with E-state index in [4.69, 9.17) is 0 Å². The number of ketones is 1. The zero-order valence-electron chi connectivity index (χ0n) is 17.2. The summed E-state index contributed by atoms with van der Waals surface area (Å²) < 4.78 is 28.6. The van der Waals surface area contributed by atoms with E-state index in [1.165, 1.54) is 35.9 Å². The Balaban J connectivity index is 1.99. The van der Waals surface area contributed by atoms with Gasteiger partial charge in [0.05, 0.1) is 0 Å². The fourth-order valence-corrected chi connectivity index (χ4v) is 4.11. The second-order valence-electron chi connectivity index (χ2n) is 8.01. The molecule has 30 heavy (non-hydrogen) atoms. The Bertz CT molecular complexity index is 983. The molecule has 2 atom stereocenters. The van der Waals surface area contributed by atoms with Crippen molar-refractivity contribution in [2.75, 3.05) is 0 Å². The Labute approximate surface area is 175 Å². The minimum Gasteiger partial charge on any atom is -0.507 e. The zero-order valence-corrected chi connectivity index (χ0v) is 17.2. The number of benzene rings is 2. The van der Waals surface area contributed by atoms with Crippen molar-refractivity contribution >= 4 is 5.78 Å². The molecule has 0 saturated carbocycles. The lowest BCUT2D eigenvalue weighted by molar-refractivity contribution is 0.0888. The normalized spacial score (nSPS) is 18.6. The number of rotatable bonds is 6. The van der Waals surface area contributed by atoms with E-state index in [2.05, 4.69) is 6.08 Å². The van der Waals surface area contributed by atoms with Crippen LogP contribution in [0.25, 0.3) is 0 Å². The van der Waals surface area contributed by atoms with Gasteiger partial charge in [-0.15, -0.1) is 0 Å². The maximum atomic E-state index is 14.7. The lowest BCUT2D eigenvalue weighted by Gasteiger charge is -2.31. The molecule has 0 amide bonds. The van der Waals surface area contributed by atoms with E-state index in [0.717, 1.165) is 24.5 Å². The smallest absolute Gasteiger partial charge is 0.174 e. The van der Waals surface area contributed by atoms with Crippen molar-refractivity contribution in [1.29, 1.82) is 0 Å². The SMILES string of the molecule is CC(C)=CCCC1=CC[C@@H](C(=O)c2c(O)cccc2O)[C@H](c2cccc(F)c2F)C1. The molecule has 0 aromatic heterocycles. The molecule has 5 heteroatoms. The molecule has 0 saturated heterocycles. The molecule has 0 heterocycles. The Hall–Kier alpha value is -2.95. The Morgan fingerprint density at radius 1 is 1.10 bits per heavy atom. The number of Topliss-reactive ketones (excluding diaryl/α,β-unsaturated/α-hetero) is 1. The third-order valence-corrected chi connectivity index (χ3v) is 5.63. The van der Waals surface area contributed by atoms with Crippen LogP contribution in [0.4, 0.5) is 8.78 Å². The van der Waals surface area contributed by atoms with Gasteiger partial charge in [-0.05, 0) is 63.3 Å². The summed E-state index contributed by atoms with van der Waals surface area (Å²) in [5, 5.41) is 20.3. The summed E-state index contributed by atoms with van der Waals surface area (Å²) in [6.07, 6.45) is 6.47. The molecule has 1 aliphatic carbocycles. The first kappa shape index (κ1) is 21.8. The van der Waals surface area contributed by atoms with E-state index in [-0.39, 0.29) is 22.6 Å². The third-order valence-electron chi connectivity index (χ3n) is 5.63. The quantitative estimate of drug-likeness (QED) is 0.425. The maximum absolute atomic E-state index is 14.7. The minimum absolute atomic E-state index is 0.149. The number of halogens is 2. The van der Waals surface area contributed by atoms with Gasteiger partial charge in [-0.25, -0.2) is 8.78 Å². The second-order valence-corrected chi connectivity index (χ2v) is 8.01. The van der Waals surface area contributed by atoms with Crippen LogP contribution in [0.15, 0.2) is 59.7 Å². The van der Waals surface area contributed by atoms with Crippen LogP contribution < -0.4 is 0 Å². The minimum atomic E-state index is -0.954. The highest BCUT2D eigenvalue weighted by Crippen LogP contribution is 2.43. The largest absolute Gasteiger partial charge is 0.507 e. The first-order valence-electron chi connectivity index (χ1n) is 10.1. The molecule has 0 fully saturated rings. The van der Waals surface area contributed by atoms with Crippen molar-refractivity contribution in [1.82, 2.24) is 0 Å². The monoisotopic (exact) mass is 412 g/mol. The van der Waals surface area contributed by atoms with Gasteiger partial charge in [0.2, 0.25) is 0 Å². The molecule has 3 rings (SSSR count). The molecule has 158 valence electrons. The van der Waals surface area contributed by atoms with E-state index in [1.807, 2.05) is 19.9 Å². The second kappa shape index (κ2) is 9.24. The van der Waals surface area contributed by atoms with Crippen molar-refractivity contribution in [2.24, 2.45) is 5.92 Å². The number of phenolic OH excluding ortho intramolecular Hbond substituents is 2. The van der Waals surface area contributed by atoms with E-state index in [0.29, 0.717) is 12.8 Å². The van der Waals surface area contributed by atoms with Gasteiger partial charge in [0.25, 0.3) is 0 Å². The van der Waals surface area contributed by atoms with Gasteiger partial charge in [0.1, 0.15) is 17.1 Å². The molecule has 1 aliphatic rings. The van der Waals surface area contributed by atoms with Crippen LogP contribution in [0, 0.1) is 17.6 Å². The van der Waals surface area contributed by atoms with Gasteiger partial charge in [-0.3, -0.25) is 4.79 Å². The average Bonchev–Trinajstić information content (AvgIpc) is 2.69. The Morgan fingerprint density at radius 3 is 2.43 bits per heavy atom. The van der Waals surface area contributed by atoms with Crippen molar-refractivity contribution in [3.8, 4) is 11.5 Å². The molecule has 3 nitrogen and oxygen atoms in total. The molecule has 0 radical (unpaired) electrons. The molecule has 0 bridgehead atoms. The Morgan fingerprint density at radius 2 is 1.77 bits per heavy atom. The summed E-state index contributed by atoms with van der Waals surface area (Å²) in [5.74, 6) is -4.32. The summed E-state index contributed by atoms with van der Waals surface area (Å²) >= 11 is 0. The highest BCUT2D eigenvalue weighted by molar-refractivity contribution is 6.03. The van der Waals surface area contributed by atoms with Crippen molar-refractivity contribution < 1.29 is 23.8 Å². The first-order chi connectivity index (χ1) is 14.3. The standard InChI is InChI=1S/C25H26F2O3/c1-15(2)6-3-7-16-12-13-18(25(30)23-21(28)10-5-11-22(23)29)19(14-16)17-8-4-9-20(26)24(17)27/h4-6,8-12,18-19,28-29H,3,7,13-14H2,1-2H3/t18-,19+/m1/s1. The maximum Gasteiger partial charge on any atom is 0.174 e. The van der Waals surface area contributed by atoms with Gasteiger partial charge in [-0.1, -0.05) is 41.5 Å². The number of allylic oxidation sites excluding steroid dienone is 4. The Kier molecular flexibility index (Phi) is 6.70. The fourth-order valence-electron chi connectivity index (χ4n) is 4.11. The van der Waals surface area contributed by atoms with E-state index in [1.54, 1.807) is 0 Å². The summed E-state index contributed by atoms with van der Waals surface area (Å²) in [4.78, 5) is 13.3. The van der Waals surface area contributed by atoms with E-state index < -0.39 is 29.3 Å². The zero-order chi connectivity index (χ0) is 21.8. The lowest BCUT2D eigenvalue weighted by Crippen LogP contribution is -2.26. The van der Waals surface area contributed by atoms with Gasteiger partial charge < -0.3 is 10.2 Å². The third kappa shape index (κ3) is 4.61. The van der Waals surface area contributed by atoms with E-state index in [9.17, 15) is 23.8 Å². The fraction of sp³-hybridized carbons (Fsp3) is 0.320. The van der Waals surface area contributed by atoms with Crippen molar-refractivity contribution in [3.05, 3.63) is 82.5 Å². The molecule has 0 unspecified atom stereocenters.